The van der Waals surface area contributed by atoms with Gasteiger partial charge in [0, 0.05) is 28.8 Å². The van der Waals surface area contributed by atoms with Gasteiger partial charge in [0.05, 0.1) is 15.6 Å². The number of primary amides is 1. The normalized spacial score (nSPS) is 10.4. The number of benzene rings is 1. The molecule has 2 rings (SSSR count). The van der Waals surface area contributed by atoms with Gasteiger partial charge in [-0.2, -0.15) is 0 Å². The lowest BCUT2D eigenvalue weighted by Gasteiger charge is -2.19. The predicted molar refractivity (Wildman–Crippen MR) is 102 cm³/mol. The summed E-state index contributed by atoms with van der Waals surface area (Å²) in [6.45, 7) is 2.23. The van der Waals surface area contributed by atoms with Gasteiger partial charge in [0.25, 0.3) is 5.69 Å². The number of amides is 2. The van der Waals surface area contributed by atoms with Crippen LogP contribution >= 0.6 is 27.7 Å². The van der Waals surface area contributed by atoms with Gasteiger partial charge in [-0.05, 0) is 47.1 Å². The molecule has 2 aromatic rings. The third kappa shape index (κ3) is 4.79. The second-order valence-electron chi connectivity index (χ2n) is 5.07. The Kier molecular flexibility index (Phi) is 6.70. The van der Waals surface area contributed by atoms with Crippen LogP contribution in [0.3, 0.4) is 0 Å². The third-order valence-electron chi connectivity index (χ3n) is 3.40. The molecule has 10 heteroatoms. The highest BCUT2D eigenvalue weighted by molar-refractivity contribution is 9.10. The maximum atomic E-state index is 12.5. The fraction of sp³-hybridized carbons (Fsp3) is 0.188. The Balaban J connectivity index is 2.16. The molecule has 1 aromatic heterocycles. The summed E-state index contributed by atoms with van der Waals surface area (Å²) in [6, 6.07) is 7.42. The van der Waals surface area contributed by atoms with Crippen molar-refractivity contribution in [3.05, 3.63) is 56.7 Å². The van der Waals surface area contributed by atoms with Crippen molar-refractivity contribution in [2.24, 2.45) is 5.73 Å². The molecule has 136 valence electrons. The minimum absolute atomic E-state index is 0.0116. The van der Waals surface area contributed by atoms with Gasteiger partial charge in [-0.1, -0.05) is 0 Å². The van der Waals surface area contributed by atoms with E-state index in [0.29, 0.717) is 12.4 Å². The number of thioether (sulfide) groups is 1. The standard InChI is InChI=1S/C16H15BrN4O4S/c1-2-20(14-6-4-11(17)8-19-14)15(22)9-26-13-5-3-10(16(18)23)7-12(13)21(24)25/h3-8H,2,9H2,1H3,(H2,18,23). The minimum Gasteiger partial charge on any atom is -0.366 e. The Labute approximate surface area is 162 Å². The molecule has 0 aliphatic heterocycles. The summed E-state index contributed by atoms with van der Waals surface area (Å²) in [7, 11) is 0. The van der Waals surface area contributed by atoms with Crippen LogP contribution in [0.25, 0.3) is 0 Å². The Morgan fingerprint density at radius 1 is 1.35 bits per heavy atom. The molecule has 0 atom stereocenters. The number of nitro groups is 1. The number of nitro benzene ring substituents is 1. The number of nitrogens with zero attached hydrogens (tertiary/aromatic N) is 3. The number of nitrogens with two attached hydrogens (primary N) is 1. The fourth-order valence-corrected chi connectivity index (χ4v) is 3.26. The molecule has 0 bridgehead atoms. The fourth-order valence-electron chi connectivity index (χ4n) is 2.15. The van der Waals surface area contributed by atoms with E-state index in [2.05, 4.69) is 20.9 Å². The summed E-state index contributed by atoms with van der Waals surface area (Å²) in [5, 5.41) is 11.2. The van der Waals surface area contributed by atoms with Crippen molar-refractivity contribution in [1.29, 1.82) is 0 Å². The molecular formula is C16H15BrN4O4S. The SMILES string of the molecule is CCN(C(=O)CSc1ccc(C(N)=O)cc1[N+](=O)[O-])c1ccc(Br)cn1. The van der Waals surface area contributed by atoms with Gasteiger partial charge in [-0.3, -0.25) is 24.6 Å². The lowest BCUT2D eigenvalue weighted by Crippen LogP contribution is -2.32. The van der Waals surface area contributed by atoms with Gasteiger partial charge >= 0.3 is 0 Å². The number of rotatable bonds is 7. The maximum Gasteiger partial charge on any atom is 0.283 e. The number of anilines is 1. The number of pyridine rings is 1. The topological polar surface area (TPSA) is 119 Å². The summed E-state index contributed by atoms with van der Waals surface area (Å²) < 4.78 is 0.796. The minimum atomic E-state index is -0.751. The number of aromatic nitrogens is 1. The summed E-state index contributed by atoms with van der Waals surface area (Å²) in [5.41, 5.74) is 4.93. The van der Waals surface area contributed by atoms with Crippen molar-refractivity contribution in [3.63, 3.8) is 0 Å². The largest absolute Gasteiger partial charge is 0.366 e. The van der Waals surface area contributed by atoms with E-state index in [1.54, 1.807) is 18.3 Å². The second-order valence-corrected chi connectivity index (χ2v) is 7.00. The van der Waals surface area contributed by atoms with Crippen molar-refractivity contribution in [1.82, 2.24) is 4.98 Å². The first-order chi connectivity index (χ1) is 12.3. The number of hydrogen-bond donors (Lipinski definition) is 1. The van der Waals surface area contributed by atoms with E-state index in [1.165, 1.54) is 17.0 Å². The predicted octanol–water partition coefficient (Wildman–Crippen LogP) is 3.00. The van der Waals surface area contributed by atoms with Crippen LogP contribution in [0.5, 0.6) is 0 Å². The van der Waals surface area contributed by atoms with E-state index >= 15 is 0 Å². The highest BCUT2D eigenvalue weighted by Gasteiger charge is 2.20. The molecule has 0 radical (unpaired) electrons. The molecule has 8 nitrogen and oxygen atoms in total. The Morgan fingerprint density at radius 2 is 2.08 bits per heavy atom. The quantitative estimate of drug-likeness (QED) is 0.402. The van der Waals surface area contributed by atoms with Gasteiger partial charge in [0.1, 0.15) is 5.82 Å². The molecule has 1 aromatic carbocycles. The van der Waals surface area contributed by atoms with Crippen LogP contribution in [0, 0.1) is 10.1 Å². The lowest BCUT2D eigenvalue weighted by molar-refractivity contribution is -0.387. The molecular weight excluding hydrogens is 424 g/mol. The zero-order valence-corrected chi connectivity index (χ0v) is 16.1. The van der Waals surface area contributed by atoms with E-state index in [9.17, 15) is 19.7 Å². The van der Waals surface area contributed by atoms with Gasteiger partial charge in [-0.25, -0.2) is 4.98 Å². The average molecular weight is 439 g/mol. The second kappa shape index (κ2) is 8.77. The maximum absolute atomic E-state index is 12.5. The number of halogens is 1. The van der Waals surface area contributed by atoms with E-state index in [-0.39, 0.29) is 27.8 Å². The van der Waals surface area contributed by atoms with Gasteiger partial charge in [0.15, 0.2) is 0 Å². The molecule has 2 amide bonds. The number of hydrogen-bond acceptors (Lipinski definition) is 6. The molecule has 0 aliphatic rings. The van der Waals surface area contributed by atoms with Crippen LogP contribution in [-0.2, 0) is 4.79 Å². The molecule has 0 aliphatic carbocycles. The smallest absolute Gasteiger partial charge is 0.283 e. The van der Waals surface area contributed by atoms with Crippen molar-refractivity contribution in [2.45, 2.75) is 11.8 Å². The van der Waals surface area contributed by atoms with Crippen molar-refractivity contribution in [2.75, 3.05) is 17.2 Å². The van der Waals surface area contributed by atoms with Crippen molar-refractivity contribution < 1.29 is 14.5 Å². The molecule has 0 saturated heterocycles. The van der Waals surface area contributed by atoms with Crippen LogP contribution in [-0.4, -0.2) is 34.0 Å². The molecule has 0 saturated carbocycles. The molecule has 0 fully saturated rings. The first kappa shape index (κ1) is 19.9. The molecule has 26 heavy (non-hydrogen) atoms. The van der Waals surface area contributed by atoms with Crippen LogP contribution in [0.1, 0.15) is 17.3 Å². The van der Waals surface area contributed by atoms with Crippen LogP contribution < -0.4 is 10.6 Å². The zero-order chi connectivity index (χ0) is 19.3. The van der Waals surface area contributed by atoms with Crippen LogP contribution in [0.4, 0.5) is 11.5 Å². The summed E-state index contributed by atoms with van der Waals surface area (Å²) in [4.78, 5) is 40.3. The van der Waals surface area contributed by atoms with E-state index in [1.807, 2.05) is 6.92 Å². The molecule has 1 heterocycles. The van der Waals surface area contributed by atoms with E-state index in [4.69, 9.17) is 5.73 Å². The van der Waals surface area contributed by atoms with Crippen LogP contribution in [0.2, 0.25) is 0 Å². The Bertz CT molecular complexity index is 845. The lowest BCUT2D eigenvalue weighted by atomic mass is 10.2. The molecule has 0 spiro atoms. The third-order valence-corrected chi connectivity index (χ3v) is 4.91. The Morgan fingerprint density at radius 3 is 2.62 bits per heavy atom. The summed E-state index contributed by atoms with van der Waals surface area (Å²) >= 11 is 4.31. The van der Waals surface area contributed by atoms with Crippen LogP contribution in [0.15, 0.2) is 45.9 Å². The zero-order valence-electron chi connectivity index (χ0n) is 13.7. The van der Waals surface area contributed by atoms with E-state index < -0.39 is 10.8 Å². The summed E-state index contributed by atoms with van der Waals surface area (Å²) in [5.74, 6) is -0.498. The molecule has 2 N–H and O–H groups in total. The highest BCUT2D eigenvalue weighted by atomic mass is 79.9. The number of carbonyl (C=O) groups is 2. The van der Waals surface area contributed by atoms with Crippen molar-refractivity contribution in [3.8, 4) is 0 Å². The van der Waals surface area contributed by atoms with Gasteiger partial charge < -0.3 is 5.73 Å². The number of carbonyl (C=O) groups excluding carboxylic acids is 2. The Hall–Kier alpha value is -2.46. The van der Waals surface area contributed by atoms with Gasteiger partial charge in [0.2, 0.25) is 11.8 Å². The average Bonchev–Trinajstić information content (AvgIpc) is 2.61. The van der Waals surface area contributed by atoms with Crippen molar-refractivity contribution >= 4 is 51.0 Å². The first-order valence-electron chi connectivity index (χ1n) is 7.46. The first-order valence-corrected chi connectivity index (χ1v) is 9.24. The van der Waals surface area contributed by atoms with Gasteiger partial charge in [-0.15, -0.1) is 11.8 Å². The highest BCUT2D eigenvalue weighted by Crippen LogP contribution is 2.30. The van der Waals surface area contributed by atoms with E-state index in [0.717, 1.165) is 22.3 Å². The monoisotopic (exact) mass is 438 g/mol. The summed E-state index contributed by atoms with van der Waals surface area (Å²) in [6.07, 6.45) is 1.59. The molecule has 0 unspecified atom stereocenters.